The highest BCUT2D eigenvalue weighted by atomic mass is 16.5. The van der Waals surface area contributed by atoms with E-state index in [2.05, 4.69) is 15.9 Å². The number of fused-ring (bicyclic) bond motifs is 1. The van der Waals surface area contributed by atoms with Gasteiger partial charge >= 0.3 is 0 Å². The molecule has 1 aromatic heterocycles. The fourth-order valence-electron chi connectivity index (χ4n) is 2.83. The quantitative estimate of drug-likeness (QED) is 0.862. The molecule has 1 aliphatic heterocycles. The summed E-state index contributed by atoms with van der Waals surface area (Å²) in [6, 6.07) is 12.2. The van der Waals surface area contributed by atoms with Crippen LogP contribution >= 0.6 is 0 Å². The summed E-state index contributed by atoms with van der Waals surface area (Å²) >= 11 is 0. The van der Waals surface area contributed by atoms with Crippen molar-refractivity contribution in [3.63, 3.8) is 0 Å². The molecule has 0 bridgehead atoms. The van der Waals surface area contributed by atoms with Crippen molar-refractivity contribution in [2.24, 2.45) is 0 Å². The van der Waals surface area contributed by atoms with Crippen LogP contribution in [-0.4, -0.2) is 56.3 Å². The van der Waals surface area contributed by atoms with Gasteiger partial charge in [0, 0.05) is 45.2 Å². The smallest absolute Gasteiger partial charge is 0.147 e. The van der Waals surface area contributed by atoms with E-state index in [1.807, 2.05) is 30.3 Å². The summed E-state index contributed by atoms with van der Waals surface area (Å²) < 4.78 is 5.13. The number of pyridine rings is 1. The van der Waals surface area contributed by atoms with Gasteiger partial charge in [0.15, 0.2) is 0 Å². The molecule has 0 aliphatic carbocycles. The lowest BCUT2D eigenvalue weighted by atomic mass is 10.1. The second-order valence-electron chi connectivity index (χ2n) is 5.49. The molecule has 3 rings (SSSR count). The Labute approximate surface area is 130 Å². The number of methoxy groups -OCH3 is 1. The first-order valence-electron chi connectivity index (χ1n) is 7.58. The highest BCUT2D eigenvalue weighted by Crippen LogP contribution is 2.24. The Morgan fingerprint density at radius 1 is 1.23 bits per heavy atom. The number of hydrogen-bond donors (Lipinski definition) is 0. The molecule has 5 nitrogen and oxygen atoms in total. The van der Waals surface area contributed by atoms with Gasteiger partial charge < -0.3 is 9.64 Å². The Kier molecular flexibility index (Phi) is 4.52. The van der Waals surface area contributed by atoms with E-state index >= 15 is 0 Å². The molecule has 1 fully saturated rings. The van der Waals surface area contributed by atoms with Crippen LogP contribution in [0.2, 0.25) is 0 Å². The number of ether oxygens (including phenoxy) is 1. The predicted octanol–water partition coefficient (Wildman–Crippen LogP) is 1.87. The molecular formula is C17H20N4O. The van der Waals surface area contributed by atoms with Crippen LogP contribution in [0.3, 0.4) is 0 Å². The summed E-state index contributed by atoms with van der Waals surface area (Å²) in [5.74, 6) is 0.813. The second-order valence-corrected chi connectivity index (χ2v) is 5.49. The number of para-hydroxylation sites is 1. The Morgan fingerprint density at radius 2 is 2.00 bits per heavy atom. The lowest BCUT2D eigenvalue weighted by Gasteiger charge is -2.35. The number of nitriles is 1. The molecule has 0 N–H and O–H groups in total. The average molecular weight is 296 g/mol. The van der Waals surface area contributed by atoms with Gasteiger partial charge in [-0.1, -0.05) is 18.2 Å². The van der Waals surface area contributed by atoms with E-state index in [9.17, 15) is 5.26 Å². The topological polar surface area (TPSA) is 52.4 Å². The predicted molar refractivity (Wildman–Crippen MR) is 87.0 cm³/mol. The molecule has 1 aromatic carbocycles. The zero-order valence-corrected chi connectivity index (χ0v) is 12.8. The summed E-state index contributed by atoms with van der Waals surface area (Å²) in [5.41, 5.74) is 1.60. The molecule has 0 unspecified atom stereocenters. The van der Waals surface area contributed by atoms with Crippen molar-refractivity contribution in [2.45, 2.75) is 0 Å². The first kappa shape index (κ1) is 14.8. The molecule has 5 heteroatoms. The summed E-state index contributed by atoms with van der Waals surface area (Å²) in [5, 5.41) is 10.4. The van der Waals surface area contributed by atoms with Crippen molar-refractivity contribution < 1.29 is 4.74 Å². The number of hydrogen-bond acceptors (Lipinski definition) is 5. The van der Waals surface area contributed by atoms with Crippen LogP contribution in [0.25, 0.3) is 10.9 Å². The van der Waals surface area contributed by atoms with Crippen molar-refractivity contribution in [1.82, 2.24) is 9.88 Å². The van der Waals surface area contributed by atoms with Crippen molar-refractivity contribution >= 4 is 16.7 Å². The first-order chi connectivity index (χ1) is 10.8. The van der Waals surface area contributed by atoms with Crippen LogP contribution in [-0.2, 0) is 4.74 Å². The molecule has 0 atom stereocenters. The van der Waals surface area contributed by atoms with Gasteiger partial charge in [-0.25, -0.2) is 4.98 Å². The summed E-state index contributed by atoms with van der Waals surface area (Å²) in [6.45, 7) is 5.46. The maximum Gasteiger partial charge on any atom is 0.147 e. The van der Waals surface area contributed by atoms with Gasteiger partial charge in [0.1, 0.15) is 11.9 Å². The third-order valence-corrected chi connectivity index (χ3v) is 4.11. The Balaban J connectivity index is 1.80. The Morgan fingerprint density at radius 3 is 2.73 bits per heavy atom. The van der Waals surface area contributed by atoms with E-state index in [0.29, 0.717) is 5.56 Å². The largest absolute Gasteiger partial charge is 0.383 e. The molecule has 2 aromatic rings. The minimum atomic E-state index is 0.657. The number of piperazine rings is 1. The zero-order chi connectivity index (χ0) is 15.4. The number of anilines is 1. The lowest BCUT2D eigenvalue weighted by molar-refractivity contribution is 0.144. The van der Waals surface area contributed by atoms with Crippen molar-refractivity contribution in [3.8, 4) is 6.07 Å². The van der Waals surface area contributed by atoms with Crippen LogP contribution in [0.1, 0.15) is 5.56 Å². The number of rotatable bonds is 4. The lowest BCUT2D eigenvalue weighted by Crippen LogP contribution is -2.47. The summed E-state index contributed by atoms with van der Waals surface area (Å²) in [4.78, 5) is 9.32. The van der Waals surface area contributed by atoms with E-state index in [-0.39, 0.29) is 0 Å². The molecular weight excluding hydrogens is 276 g/mol. The molecule has 2 heterocycles. The van der Waals surface area contributed by atoms with Gasteiger partial charge in [0.05, 0.1) is 17.7 Å². The fourth-order valence-corrected chi connectivity index (χ4v) is 2.83. The Hall–Kier alpha value is -2.16. The van der Waals surface area contributed by atoms with Gasteiger partial charge in [0.25, 0.3) is 0 Å². The SMILES string of the molecule is COCCN1CCN(c2nc3ccccc3cc2C#N)CC1. The van der Waals surface area contributed by atoms with E-state index in [4.69, 9.17) is 9.72 Å². The standard InChI is InChI=1S/C17H20N4O/c1-22-11-10-20-6-8-21(9-7-20)17-15(13-18)12-14-4-2-3-5-16(14)19-17/h2-5,12H,6-11H2,1H3. The van der Waals surface area contributed by atoms with Crippen LogP contribution in [0, 0.1) is 11.3 Å². The highest BCUT2D eigenvalue weighted by Gasteiger charge is 2.20. The molecule has 0 spiro atoms. The maximum absolute atomic E-state index is 9.43. The monoisotopic (exact) mass is 296 g/mol. The maximum atomic E-state index is 9.43. The van der Waals surface area contributed by atoms with Crippen molar-refractivity contribution in [3.05, 3.63) is 35.9 Å². The third kappa shape index (κ3) is 3.03. The van der Waals surface area contributed by atoms with E-state index in [1.165, 1.54) is 0 Å². The number of nitrogens with zero attached hydrogens (tertiary/aromatic N) is 4. The average Bonchev–Trinajstić information content (AvgIpc) is 2.59. The molecule has 1 aliphatic rings. The zero-order valence-electron chi connectivity index (χ0n) is 12.8. The van der Waals surface area contributed by atoms with Crippen LogP contribution < -0.4 is 4.90 Å². The second kappa shape index (κ2) is 6.73. The minimum Gasteiger partial charge on any atom is -0.383 e. The van der Waals surface area contributed by atoms with Crippen molar-refractivity contribution in [1.29, 1.82) is 5.26 Å². The van der Waals surface area contributed by atoms with Gasteiger partial charge in [-0.3, -0.25) is 4.90 Å². The molecule has 1 saturated heterocycles. The number of aromatic nitrogens is 1. The molecule has 22 heavy (non-hydrogen) atoms. The first-order valence-corrected chi connectivity index (χ1v) is 7.58. The number of benzene rings is 1. The van der Waals surface area contributed by atoms with Crippen LogP contribution in [0.15, 0.2) is 30.3 Å². The molecule has 0 saturated carbocycles. The van der Waals surface area contributed by atoms with Gasteiger partial charge in [-0.2, -0.15) is 5.26 Å². The van der Waals surface area contributed by atoms with Crippen molar-refractivity contribution in [2.75, 3.05) is 51.3 Å². The van der Waals surface area contributed by atoms with E-state index in [1.54, 1.807) is 7.11 Å². The Bertz CT molecular complexity index is 687. The molecule has 0 radical (unpaired) electrons. The third-order valence-electron chi connectivity index (χ3n) is 4.11. The van der Waals surface area contributed by atoms with E-state index in [0.717, 1.165) is 56.1 Å². The molecule has 0 amide bonds. The normalized spacial score (nSPS) is 15.9. The fraction of sp³-hybridized carbons (Fsp3) is 0.412. The summed E-state index contributed by atoms with van der Waals surface area (Å²) in [6.07, 6.45) is 0. The van der Waals surface area contributed by atoms with Gasteiger partial charge in [0.2, 0.25) is 0 Å². The van der Waals surface area contributed by atoms with Gasteiger partial charge in [-0.05, 0) is 12.1 Å². The van der Waals surface area contributed by atoms with Crippen LogP contribution in [0.5, 0.6) is 0 Å². The minimum absolute atomic E-state index is 0.657. The summed E-state index contributed by atoms with van der Waals surface area (Å²) in [7, 11) is 1.73. The van der Waals surface area contributed by atoms with Gasteiger partial charge in [-0.15, -0.1) is 0 Å². The van der Waals surface area contributed by atoms with E-state index < -0.39 is 0 Å². The molecule has 114 valence electrons. The van der Waals surface area contributed by atoms with Crippen LogP contribution in [0.4, 0.5) is 5.82 Å². The highest BCUT2D eigenvalue weighted by molar-refractivity contribution is 5.83.